The van der Waals surface area contributed by atoms with Gasteiger partial charge in [-0.1, -0.05) is 196 Å². The number of unbranched alkanes of at least 4 members (excludes halogenated alkanes) is 21. The number of rotatable bonds is 47. The van der Waals surface area contributed by atoms with Gasteiger partial charge in [-0.2, -0.15) is 10.5 Å². The predicted molar refractivity (Wildman–Crippen MR) is 434 cm³/mol. The van der Waals surface area contributed by atoms with Crippen molar-refractivity contribution in [1.82, 2.24) is 0 Å². The summed E-state index contributed by atoms with van der Waals surface area (Å²) < 4.78 is 53.3. The first-order valence-corrected chi connectivity index (χ1v) is 40.0. The summed E-state index contributed by atoms with van der Waals surface area (Å²) in [5.74, 6) is -0.423. The quantitative estimate of drug-likeness (QED) is 0.0149. The van der Waals surface area contributed by atoms with Gasteiger partial charge in [-0.15, -0.1) is 0 Å². The van der Waals surface area contributed by atoms with E-state index in [-0.39, 0.29) is 41.6 Å². The van der Waals surface area contributed by atoms with Gasteiger partial charge in [0.1, 0.15) is 34.5 Å². The Bertz CT molecular complexity index is 4270. The van der Waals surface area contributed by atoms with E-state index in [0.717, 1.165) is 172 Å². The van der Waals surface area contributed by atoms with Gasteiger partial charge in [0.25, 0.3) is 0 Å². The smallest absolute Gasteiger partial charge is 0.343 e. The van der Waals surface area contributed by atoms with E-state index in [1.807, 2.05) is 54.6 Å². The molecule has 0 bridgehead atoms. The maximum absolute atomic E-state index is 13.6. The average molecular weight is 1630 g/mol. The van der Waals surface area contributed by atoms with Crippen molar-refractivity contribution < 1.29 is 71.4 Å². The Balaban J connectivity index is 0.637. The molecule has 0 aliphatic heterocycles. The van der Waals surface area contributed by atoms with Crippen molar-refractivity contribution in [3.8, 4) is 68.9 Å². The largest absolute Gasteiger partial charge is 0.494 e. The fourth-order valence-electron chi connectivity index (χ4n) is 12.1. The number of carbonyl (C=O) groups is 6. The summed E-state index contributed by atoms with van der Waals surface area (Å²) in [5.41, 5.74) is 6.68. The standard InChI is InChI=1S/C92H94Br2N2O15/c93-79-60-78(61-80(94)64-79)89(99)108-58-24-18-12-6-3-9-15-21-55-105-83-47-41-75(42-48-83)92(102)111-86-62-76(87(97)106-56-22-16-10-4-1-7-13-19-53-103-81-43-37-73(38-44-81)90(100)109-84-49-33-71(34-50-84)69-29-25-67(65-95)26-30-69)59-77(63-86)88(98)107-57-23-17-11-5-2-8-14-20-54-104-82-45-39-74(40-46-82)91(101)110-85-51-35-72(36-52-85)70-31-27-68(66-96)28-32-70/h25-52,59-64H,1-24,53-58H2. The Morgan fingerprint density at radius 3 is 0.748 bits per heavy atom. The third-order valence-corrected chi connectivity index (χ3v) is 19.3. The molecule has 576 valence electrons. The molecule has 111 heavy (non-hydrogen) atoms. The fourth-order valence-corrected chi connectivity index (χ4v) is 13.4. The molecule has 0 heterocycles. The Morgan fingerprint density at radius 2 is 0.468 bits per heavy atom. The number of nitrogens with zero attached hydrogens (tertiary/aromatic N) is 2. The van der Waals surface area contributed by atoms with Crippen LogP contribution in [0.25, 0.3) is 22.3 Å². The molecule has 19 heteroatoms. The number of hydrogen-bond acceptors (Lipinski definition) is 17. The lowest BCUT2D eigenvalue weighted by atomic mass is 10.0. The Labute approximate surface area is 667 Å². The van der Waals surface area contributed by atoms with E-state index in [9.17, 15) is 28.8 Å². The van der Waals surface area contributed by atoms with Gasteiger partial charge in [-0.3, -0.25) is 0 Å². The first-order chi connectivity index (χ1) is 54.2. The van der Waals surface area contributed by atoms with Crippen LogP contribution in [-0.4, -0.2) is 75.5 Å². The lowest BCUT2D eigenvalue weighted by molar-refractivity contribution is 0.0482. The maximum atomic E-state index is 13.6. The van der Waals surface area contributed by atoms with E-state index in [0.29, 0.717) is 95.8 Å². The second-order valence-electron chi connectivity index (χ2n) is 27.0. The molecule has 9 aromatic rings. The number of carbonyl (C=O) groups excluding carboxylic acids is 6. The van der Waals surface area contributed by atoms with Gasteiger partial charge >= 0.3 is 35.8 Å². The van der Waals surface area contributed by atoms with Crippen molar-refractivity contribution >= 4 is 67.7 Å². The topological polar surface area (TPSA) is 233 Å². The third kappa shape index (κ3) is 30.2. The molecule has 0 radical (unpaired) electrons. The van der Waals surface area contributed by atoms with E-state index >= 15 is 0 Å². The summed E-state index contributed by atoms with van der Waals surface area (Å²) in [4.78, 5) is 78.9. The van der Waals surface area contributed by atoms with Crippen molar-refractivity contribution in [3.05, 3.63) is 260 Å². The lowest BCUT2D eigenvalue weighted by Gasteiger charge is -2.11. The molecule has 0 aliphatic rings. The third-order valence-electron chi connectivity index (χ3n) is 18.4. The lowest BCUT2D eigenvalue weighted by Crippen LogP contribution is -2.13. The maximum Gasteiger partial charge on any atom is 0.343 e. The zero-order valence-electron chi connectivity index (χ0n) is 62.6. The molecular formula is C92H94Br2N2O15. The molecule has 9 rings (SSSR count). The molecule has 0 N–H and O–H groups in total. The monoisotopic (exact) mass is 1620 g/mol. The zero-order chi connectivity index (χ0) is 78.0. The first kappa shape index (κ1) is 84.2. The molecule has 17 nitrogen and oxygen atoms in total. The number of benzene rings is 9. The first-order valence-electron chi connectivity index (χ1n) is 38.4. The van der Waals surface area contributed by atoms with Crippen LogP contribution in [0, 0.1) is 22.7 Å². The molecule has 0 amide bonds. The molecule has 0 saturated heterocycles. The second-order valence-corrected chi connectivity index (χ2v) is 28.8. The average Bonchev–Trinajstić information content (AvgIpc) is 0.914. The minimum atomic E-state index is -0.680. The summed E-state index contributed by atoms with van der Waals surface area (Å²) in [6.07, 6.45) is 23.2. The van der Waals surface area contributed by atoms with Crippen molar-refractivity contribution in [2.75, 3.05) is 39.6 Å². The van der Waals surface area contributed by atoms with E-state index < -0.39 is 29.8 Å². The molecule has 9 aromatic carbocycles. The zero-order valence-corrected chi connectivity index (χ0v) is 65.8. The summed E-state index contributed by atoms with van der Waals surface area (Å²) in [5, 5.41) is 18.2. The van der Waals surface area contributed by atoms with Gasteiger partial charge in [-0.05, 0) is 219 Å². The molecule has 0 unspecified atom stereocenters. The highest BCUT2D eigenvalue weighted by Gasteiger charge is 2.20. The van der Waals surface area contributed by atoms with E-state index in [1.54, 1.807) is 133 Å². The highest BCUT2D eigenvalue weighted by atomic mass is 79.9. The Hall–Kier alpha value is -10.9. The summed E-state index contributed by atoms with van der Waals surface area (Å²) >= 11 is 6.81. The van der Waals surface area contributed by atoms with Gasteiger partial charge < -0.3 is 42.6 Å². The number of ether oxygens (including phenoxy) is 9. The van der Waals surface area contributed by atoms with Crippen LogP contribution in [-0.2, 0) is 14.2 Å². The normalized spacial score (nSPS) is 10.8. The van der Waals surface area contributed by atoms with Crippen LogP contribution >= 0.6 is 31.9 Å². The highest BCUT2D eigenvalue weighted by Crippen LogP contribution is 2.29. The second kappa shape index (κ2) is 47.3. The summed E-state index contributed by atoms with van der Waals surface area (Å²) in [6, 6.07) is 63.3. The van der Waals surface area contributed by atoms with Gasteiger partial charge in [0.2, 0.25) is 0 Å². The minimum Gasteiger partial charge on any atom is -0.494 e. The van der Waals surface area contributed by atoms with Gasteiger partial charge in [0, 0.05) is 8.95 Å². The fraction of sp³-hybridized carbons (Fsp3) is 0.326. The molecule has 0 aromatic heterocycles. The molecule has 0 aliphatic carbocycles. The number of halogens is 2. The molecular weight excluding hydrogens is 1530 g/mol. The Kier molecular flexibility index (Phi) is 35.8. The minimum absolute atomic E-state index is 0.00271. The SMILES string of the molecule is N#Cc1ccc(-c2ccc(OC(=O)c3ccc(OCCCCCCCCCCOC(=O)c4cc(OC(=O)c5ccc(OCCCCCCCCCCOC(=O)c6cc(Br)cc(Br)c6)cc5)cc(C(=O)OCCCCCCCCCCOc5ccc(C(=O)Oc6ccc(-c7ccc(C#N)cc7)cc6)cc5)c4)cc3)cc2)cc1. The van der Waals surface area contributed by atoms with E-state index in [2.05, 4.69) is 44.0 Å². The van der Waals surface area contributed by atoms with Crippen LogP contribution in [0.4, 0.5) is 0 Å². The predicted octanol–water partition coefficient (Wildman–Crippen LogP) is 23.0. The molecule has 0 atom stereocenters. The Morgan fingerprint density at radius 1 is 0.234 bits per heavy atom. The van der Waals surface area contributed by atoms with Crippen LogP contribution in [0.2, 0.25) is 0 Å². The van der Waals surface area contributed by atoms with Crippen molar-refractivity contribution in [2.45, 2.75) is 154 Å². The van der Waals surface area contributed by atoms with E-state index in [1.165, 1.54) is 18.2 Å². The summed E-state index contributed by atoms with van der Waals surface area (Å²) in [6.45, 7) is 2.39. The highest BCUT2D eigenvalue weighted by molar-refractivity contribution is 9.11. The van der Waals surface area contributed by atoms with Crippen LogP contribution in [0.3, 0.4) is 0 Å². The molecule has 0 saturated carbocycles. The van der Waals surface area contributed by atoms with Gasteiger partial charge in [0.05, 0.1) is 96.3 Å². The van der Waals surface area contributed by atoms with Gasteiger partial charge in [-0.25, -0.2) is 28.8 Å². The van der Waals surface area contributed by atoms with Crippen molar-refractivity contribution in [2.24, 2.45) is 0 Å². The number of esters is 6. The van der Waals surface area contributed by atoms with Crippen molar-refractivity contribution in [1.29, 1.82) is 10.5 Å². The van der Waals surface area contributed by atoms with Crippen LogP contribution in [0.1, 0.15) is 227 Å². The molecule has 0 spiro atoms. The number of hydrogen-bond donors (Lipinski definition) is 0. The van der Waals surface area contributed by atoms with Crippen LogP contribution in [0.5, 0.6) is 34.5 Å². The van der Waals surface area contributed by atoms with Crippen molar-refractivity contribution in [3.63, 3.8) is 0 Å². The van der Waals surface area contributed by atoms with Gasteiger partial charge in [0.15, 0.2) is 0 Å². The van der Waals surface area contributed by atoms with Crippen LogP contribution < -0.4 is 28.4 Å². The number of nitriles is 2. The summed E-state index contributed by atoms with van der Waals surface area (Å²) in [7, 11) is 0. The van der Waals surface area contributed by atoms with Crippen LogP contribution in [0.15, 0.2) is 215 Å². The van der Waals surface area contributed by atoms with E-state index in [4.69, 9.17) is 53.2 Å². The molecule has 0 fully saturated rings.